The van der Waals surface area contributed by atoms with E-state index in [1.54, 1.807) is 24.6 Å². The molecule has 1 amide bonds. The molecule has 5 nitrogen and oxygen atoms in total. The van der Waals surface area contributed by atoms with Crippen LogP contribution in [0.2, 0.25) is 0 Å². The zero-order valence-electron chi connectivity index (χ0n) is 14.0. The average molecular weight is 350 g/mol. The number of nitrogens with one attached hydrogen (secondary N) is 2. The molecule has 1 fully saturated rings. The maximum Gasteiger partial charge on any atom is 0.231 e. The van der Waals surface area contributed by atoms with Gasteiger partial charge in [0.2, 0.25) is 5.91 Å². The van der Waals surface area contributed by atoms with Crippen molar-refractivity contribution in [2.75, 3.05) is 7.05 Å². The van der Waals surface area contributed by atoms with E-state index in [0.717, 1.165) is 21.4 Å². The summed E-state index contributed by atoms with van der Waals surface area (Å²) in [4.78, 5) is 18.9. The highest BCUT2D eigenvalue weighted by Crippen LogP contribution is 2.40. The maximum atomic E-state index is 12.2. The first kappa shape index (κ1) is 15.8. The Morgan fingerprint density at radius 3 is 2.88 bits per heavy atom. The van der Waals surface area contributed by atoms with Gasteiger partial charge in [0.15, 0.2) is 5.96 Å². The number of hydrogen-bond donors (Lipinski definition) is 2. The molecule has 1 saturated heterocycles. The van der Waals surface area contributed by atoms with E-state index in [2.05, 4.69) is 34.6 Å². The molecule has 126 valence electrons. The van der Waals surface area contributed by atoms with Crippen molar-refractivity contribution in [2.45, 2.75) is 18.9 Å². The first-order chi connectivity index (χ1) is 12.0. The van der Waals surface area contributed by atoms with Gasteiger partial charge in [-0.05, 0) is 24.4 Å². The summed E-state index contributed by atoms with van der Waals surface area (Å²) in [5.74, 6) is 0.0971. The first-order valence-electron chi connectivity index (χ1n) is 8.05. The Labute approximate surface area is 149 Å². The fourth-order valence-electron chi connectivity index (χ4n) is 3.17. The summed E-state index contributed by atoms with van der Waals surface area (Å²) < 4.78 is 1.17. The molecular weight excluding hydrogens is 332 g/mol. The van der Waals surface area contributed by atoms with Crippen molar-refractivity contribution in [3.8, 4) is 11.1 Å². The largest absolute Gasteiger partial charge is 0.345 e. The SMILES string of the molecule is CN1C(=N)N[C@](C)(c2cc3cccc(-c4cccnc4)c3s2)CC1=O. The molecule has 2 N–H and O–H groups in total. The predicted octanol–water partition coefficient (Wildman–Crippen LogP) is 3.56. The summed E-state index contributed by atoms with van der Waals surface area (Å²) in [5.41, 5.74) is 1.66. The van der Waals surface area contributed by atoms with Crippen molar-refractivity contribution in [3.63, 3.8) is 0 Å². The minimum absolute atomic E-state index is 0.0452. The van der Waals surface area contributed by atoms with Crippen LogP contribution in [-0.4, -0.2) is 28.8 Å². The normalized spacial score (nSPS) is 20.8. The fourth-order valence-corrected chi connectivity index (χ4v) is 4.46. The van der Waals surface area contributed by atoms with Crippen LogP contribution in [0.4, 0.5) is 0 Å². The van der Waals surface area contributed by atoms with Gasteiger partial charge < -0.3 is 5.32 Å². The molecule has 6 heteroatoms. The Morgan fingerprint density at radius 2 is 2.16 bits per heavy atom. The minimum Gasteiger partial charge on any atom is -0.345 e. The van der Waals surface area contributed by atoms with Crippen LogP contribution in [-0.2, 0) is 10.3 Å². The highest BCUT2D eigenvalue weighted by molar-refractivity contribution is 7.19. The monoisotopic (exact) mass is 350 g/mol. The molecule has 1 atom stereocenters. The molecule has 4 rings (SSSR count). The lowest BCUT2D eigenvalue weighted by Gasteiger charge is -2.38. The quantitative estimate of drug-likeness (QED) is 0.742. The summed E-state index contributed by atoms with van der Waals surface area (Å²) in [6, 6.07) is 12.3. The molecule has 25 heavy (non-hydrogen) atoms. The molecule has 0 bridgehead atoms. The number of nitrogens with zero attached hydrogens (tertiary/aromatic N) is 2. The Balaban J connectivity index is 1.83. The topological polar surface area (TPSA) is 69.1 Å². The van der Waals surface area contributed by atoms with Crippen LogP contribution in [0.25, 0.3) is 21.2 Å². The smallest absolute Gasteiger partial charge is 0.231 e. The van der Waals surface area contributed by atoms with Crippen molar-refractivity contribution >= 4 is 33.3 Å². The number of thiophene rings is 1. The lowest BCUT2D eigenvalue weighted by atomic mass is 9.92. The van der Waals surface area contributed by atoms with Gasteiger partial charge in [-0.25, -0.2) is 0 Å². The van der Waals surface area contributed by atoms with Gasteiger partial charge in [-0.1, -0.05) is 24.3 Å². The molecule has 3 heterocycles. The second-order valence-electron chi connectivity index (χ2n) is 6.51. The number of pyridine rings is 1. The Hall–Kier alpha value is -2.73. The Kier molecular flexibility index (Phi) is 3.58. The predicted molar refractivity (Wildman–Crippen MR) is 101 cm³/mol. The second kappa shape index (κ2) is 5.67. The van der Waals surface area contributed by atoms with Crippen LogP contribution in [0, 0.1) is 5.41 Å². The summed E-state index contributed by atoms with van der Waals surface area (Å²) in [6.45, 7) is 1.99. The van der Waals surface area contributed by atoms with Gasteiger partial charge in [-0.2, -0.15) is 0 Å². The van der Waals surface area contributed by atoms with Crippen LogP contribution in [0.5, 0.6) is 0 Å². The third-order valence-corrected chi connectivity index (χ3v) is 6.12. The van der Waals surface area contributed by atoms with E-state index in [0.29, 0.717) is 6.42 Å². The summed E-state index contributed by atoms with van der Waals surface area (Å²) in [6.07, 6.45) is 3.97. The number of carbonyl (C=O) groups excluding carboxylic acids is 1. The van der Waals surface area contributed by atoms with Crippen molar-refractivity contribution in [1.29, 1.82) is 5.41 Å². The zero-order chi connectivity index (χ0) is 17.6. The van der Waals surface area contributed by atoms with E-state index in [4.69, 9.17) is 5.41 Å². The van der Waals surface area contributed by atoms with Crippen molar-refractivity contribution < 1.29 is 4.79 Å². The number of benzene rings is 1. The molecule has 2 aromatic heterocycles. The van der Waals surface area contributed by atoms with E-state index in [1.807, 2.05) is 25.3 Å². The number of amides is 1. The zero-order valence-corrected chi connectivity index (χ0v) is 14.9. The van der Waals surface area contributed by atoms with Crippen LogP contribution in [0.15, 0.2) is 48.8 Å². The van der Waals surface area contributed by atoms with Crippen LogP contribution in [0.3, 0.4) is 0 Å². The van der Waals surface area contributed by atoms with Crippen LogP contribution >= 0.6 is 11.3 Å². The molecule has 1 aliphatic rings. The number of aromatic nitrogens is 1. The summed E-state index contributed by atoms with van der Waals surface area (Å²) in [7, 11) is 1.63. The van der Waals surface area contributed by atoms with Gasteiger partial charge in [0, 0.05) is 40.1 Å². The molecule has 1 aromatic carbocycles. The third kappa shape index (κ3) is 2.59. The fraction of sp³-hybridized carbons (Fsp3) is 0.211. The van der Waals surface area contributed by atoms with E-state index < -0.39 is 5.54 Å². The lowest BCUT2D eigenvalue weighted by Crippen LogP contribution is -2.57. The Bertz CT molecular complexity index is 962. The highest BCUT2D eigenvalue weighted by atomic mass is 32.1. The van der Waals surface area contributed by atoms with E-state index in [1.165, 1.54) is 9.60 Å². The molecule has 0 aliphatic carbocycles. The van der Waals surface area contributed by atoms with Crippen molar-refractivity contribution in [2.24, 2.45) is 0 Å². The van der Waals surface area contributed by atoms with Crippen LogP contribution < -0.4 is 5.32 Å². The summed E-state index contributed by atoms with van der Waals surface area (Å²) in [5, 5.41) is 12.4. The van der Waals surface area contributed by atoms with E-state index in [9.17, 15) is 4.79 Å². The van der Waals surface area contributed by atoms with Crippen molar-refractivity contribution in [3.05, 3.63) is 53.7 Å². The van der Waals surface area contributed by atoms with Gasteiger partial charge in [-0.3, -0.25) is 20.1 Å². The van der Waals surface area contributed by atoms with Gasteiger partial charge in [-0.15, -0.1) is 11.3 Å². The summed E-state index contributed by atoms with van der Waals surface area (Å²) >= 11 is 1.67. The number of guanidine groups is 1. The van der Waals surface area contributed by atoms with Gasteiger partial charge in [0.25, 0.3) is 0 Å². The molecule has 0 saturated carbocycles. The van der Waals surface area contributed by atoms with Gasteiger partial charge in [0.1, 0.15) is 0 Å². The lowest BCUT2D eigenvalue weighted by molar-refractivity contribution is -0.129. The molecule has 3 aromatic rings. The molecule has 1 aliphatic heterocycles. The highest BCUT2D eigenvalue weighted by Gasteiger charge is 2.39. The standard InChI is InChI=1S/C19H18N4OS/c1-19(10-16(24)23(2)18(20)22-19)15-9-12-5-3-7-14(17(12)25-15)13-6-4-8-21-11-13/h3-9,11H,10H2,1-2H3,(H2,20,22)/t19-/m0/s1. The minimum atomic E-state index is -0.559. The number of carbonyl (C=O) groups is 1. The first-order valence-corrected chi connectivity index (χ1v) is 8.86. The van der Waals surface area contributed by atoms with Crippen LogP contribution in [0.1, 0.15) is 18.2 Å². The maximum absolute atomic E-state index is 12.2. The van der Waals surface area contributed by atoms with E-state index in [-0.39, 0.29) is 11.9 Å². The molecule has 0 radical (unpaired) electrons. The van der Waals surface area contributed by atoms with Gasteiger partial charge in [0.05, 0.1) is 12.0 Å². The number of hydrogen-bond acceptors (Lipinski definition) is 4. The third-order valence-electron chi connectivity index (χ3n) is 4.67. The molecule has 0 unspecified atom stereocenters. The van der Waals surface area contributed by atoms with Crippen molar-refractivity contribution in [1.82, 2.24) is 15.2 Å². The molecule has 0 spiro atoms. The van der Waals surface area contributed by atoms with Gasteiger partial charge >= 0.3 is 0 Å². The molecular formula is C19H18N4OS. The van der Waals surface area contributed by atoms with E-state index >= 15 is 0 Å². The second-order valence-corrected chi connectivity index (χ2v) is 7.56. The Morgan fingerprint density at radius 1 is 1.32 bits per heavy atom. The average Bonchev–Trinajstić information content (AvgIpc) is 3.05. The number of rotatable bonds is 2. The number of fused-ring (bicyclic) bond motifs is 1.